The summed E-state index contributed by atoms with van der Waals surface area (Å²) in [6.45, 7) is 13.2. The first-order valence-corrected chi connectivity index (χ1v) is 16.4. The lowest BCUT2D eigenvalue weighted by molar-refractivity contribution is 0.426. The highest BCUT2D eigenvalue weighted by Crippen LogP contribution is 2.39. The summed E-state index contributed by atoms with van der Waals surface area (Å²) in [5.74, 6) is 0. The molecule has 0 bridgehead atoms. The van der Waals surface area contributed by atoms with E-state index in [-0.39, 0.29) is 10.8 Å². The van der Waals surface area contributed by atoms with Crippen LogP contribution in [0.15, 0.2) is 124 Å². The van der Waals surface area contributed by atoms with Gasteiger partial charge in [0.2, 0.25) is 0 Å². The van der Waals surface area contributed by atoms with Gasteiger partial charge in [-0.1, -0.05) is 133 Å². The zero-order chi connectivity index (χ0) is 33.4. The van der Waals surface area contributed by atoms with Gasteiger partial charge in [0.15, 0.2) is 0 Å². The van der Waals surface area contributed by atoms with E-state index in [1.165, 1.54) is 11.1 Å². The van der Waals surface area contributed by atoms with Crippen molar-refractivity contribution < 1.29 is 10.0 Å². The maximum absolute atomic E-state index is 8.58. The molecule has 4 nitrogen and oxygen atoms in total. The van der Waals surface area contributed by atoms with Crippen LogP contribution in [-0.2, 0) is 10.8 Å². The van der Waals surface area contributed by atoms with Gasteiger partial charge in [0.05, 0.1) is 5.69 Å². The Balaban J connectivity index is 0.000000211. The number of nitrogens with two attached hydrogens (primary N) is 2. The largest absolute Gasteiger partial charge is 0.488 e. The fraction of sp³-hybridized carbons (Fsp3) is 0.211. The molecular formula is C38H43BBr2N2O2. The highest BCUT2D eigenvalue weighted by Gasteiger charge is 2.19. The first kappa shape index (κ1) is 36.1. The second-order valence-corrected chi connectivity index (χ2v) is 14.6. The lowest BCUT2D eigenvalue weighted by Gasteiger charge is -2.23. The minimum Gasteiger partial charge on any atom is -0.423 e. The van der Waals surface area contributed by atoms with Gasteiger partial charge in [-0.2, -0.15) is 0 Å². The summed E-state index contributed by atoms with van der Waals surface area (Å²) in [5, 5.41) is 17.2. The minimum atomic E-state index is -1.34. The molecule has 6 N–H and O–H groups in total. The molecule has 0 radical (unpaired) electrons. The Morgan fingerprint density at radius 2 is 0.844 bits per heavy atom. The summed E-state index contributed by atoms with van der Waals surface area (Å²) < 4.78 is 1.90. The van der Waals surface area contributed by atoms with Crippen molar-refractivity contribution >= 4 is 55.8 Å². The molecule has 0 heterocycles. The van der Waals surface area contributed by atoms with Crippen LogP contribution in [0.4, 0.5) is 11.4 Å². The van der Waals surface area contributed by atoms with E-state index in [1.54, 1.807) is 24.3 Å². The van der Waals surface area contributed by atoms with Crippen LogP contribution in [0.1, 0.15) is 52.7 Å². The van der Waals surface area contributed by atoms with Crippen LogP contribution in [0.2, 0.25) is 0 Å². The van der Waals surface area contributed by atoms with Gasteiger partial charge in [-0.25, -0.2) is 0 Å². The number of anilines is 2. The van der Waals surface area contributed by atoms with Crippen LogP contribution in [0.3, 0.4) is 0 Å². The Bertz CT molecular complexity index is 1580. The molecule has 0 amide bonds. The van der Waals surface area contributed by atoms with E-state index in [4.69, 9.17) is 21.5 Å². The van der Waals surface area contributed by atoms with Crippen LogP contribution in [0.5, 0.6) is 0 Å². The molecule has 234 valence electrons. The molecule has 0 fully saturated rings. The van der Waals surface area contributed by atoms with Gasteiger partial charge in [0.25, 0.3) is 0 Å². The second kappa shape index (κ2) is 15.8. The molecule has 0 atom stereocenters. The number of benzene rings is 5. The first-order chi connectivity index (χ1) is 21.1. The van der Waals surface area contributed by atoms with Crippen molar-refractivity contribution in [2.24, 2.45) is 0 Å². The van der Waals surface area contributed by atoms with Crippen molar-refractivity contribution in [2.75, 3.05) is 11.5 Å². The smallest absolute Gasteiger partial charge is 0.423 e. The quantitative estimate of drug-likeness (QED) is 0.110. The average Bonchev–Trinajstić information content (AvgIpc) is 3.00. The average molecular weight is 730 g/mol. The molecule has 0 spiro atoms. The lowest BCUT2D eigenvalue weighted by atomic mass is 9.81. The van der Waals surface area contributed by atoms with E-state index in [1.807, 2.05) is 18.2 Å². The summed E-state index contributed by atoms with van der Waals surface area (Å²) in [6, 6.07) is 38.0. The predicted molar refractivity (Wildman–Crippen MR) is 202 cm³/mol. The number of rotatable bonds is 3. The van der Waals surface area contributed by atoms with E-state index >= 15 is 0 Å². The van der Waals surface area contributed by atoms with E-state index in [2.05, 4.69) is 146 Å². The Hall–Kier alpha value is -3.36. The molecule has 0 aliphatic carbocycles. The summed E-state index contributed by atoms with van der Waals surface area (Å²) in [5.41, 5.74) is 21.8. The summed E-state index contributed by atoms with van der Waals surface area (Å²) in [7, 11) is -1.34. The third-order valence-corrected chi connectivity index (χ3v) is 8.57. The molecule has 5 aromatic carbocycles. The van der Waals surface area contributed by atoms with Gasteiger partial charge in [0, 0.05) is 25.8 Å². The molecule has 0 aliphatic rings. The first-order valence-electron chi connectivity index (χ1n) is 14.8. The third-order valence-electron chi connectivity index (χ3n) is 7.26. The van der Waals surface area contributed by atoms with E-state index in [0.717, 1.165) is 42.6 Å². The maximum atomic E-state index is 8.58. The van der Waals surface area contributed by atoms with Gasteiger partial charge < -0.3 is 21.5 Å². The van der Waals surface area contributed by atoms with Crippen LogP contribution < -0.4 is 16.9 Å². The van der Waals surface area contributed by atoms with E-state index < -0.39 is 7.12 Å². The van der Waals surface area contributed by atoms with Crippen LogP contribution in [0.25, 0.3) is 22.3 Å². The van der Waals surface area contributed by atoms with Crippen molar-refractivity contribution in [1.29, 1.82) is 0 Å². The predicted octanol–water partition coefficient (Wildman–Crippen LogP) is 9.36. The Morgan fingerprint density at radius 1 is 0.511 bits per heavy atom. The molecule has 7 heteroatoms. The van der Waals surface area contributed by atoms with Crippen molar-refractivity contribution in [3.8, 4) is 22.3 Å². The molecule has 5 aromatic rings. The summed E-state index contributed by atoms with van der Waals surface area (Å²) in [6.07, 6.45) is 0. The van der Waals surface area contributed by atoms with E-state index in [9.17, 15) is 0 Å². The second-order valence-electron chi connectivity index (χ2n) is 12.9. The molecule has 0 saturated heterocycles. The SMILES string of the molecule is CC(C)(C)c1cc(-c2ccccc2)c(N)c(-c2ccccc2)c1.CC(C)(C)c1cc(Br)c(N)c(Br)c1.OB(O)c1ccccc1. The molecule has 0 saturated carbocycles. The van der Waals surface area contributed by atoms with Gasteiger partial charge in [-0.15, -0.1) is 0 Å². The monoisotopic (exact) mass is 728 g/mol. The number of hydrogen-bond acceptors (Lipinski definition) is 4. The zero-order valence-corrected chi connectivity index (χ0v) is 30.0. The Labute approximate surface area is 285 Å². The fourth-order valence-electron chi connectivity index (χ4n) is 4.44. The summed E-state index contributed by atoms with van der Waals surface area (Å²) in [4.78, 5) is 0. The van der Waals surface area contributed by atoms with Crippen molar-refractivity contribution in [1.82, 2.24) is 0 Å². The minimum absolute atomic E-state index is 0.0702. The summed E-state index contributed by atoms with van der Waals surface area (Å²) >= 11 is 6.87. The Kier molecular flexibility index (Phi) is 12.7. The van der Waals surface area contributed by atoms with Gasteiger partial charge in [-0.05, 0) is 94.7 Å². The number of halogens is 2. The fourth-order valence-corrected chi connectivity index (χ4v) is 5.63. The molecular weight excluding hydrogens is 687 g/mol. The van der Waals surface area contributed by atoms with Crippen molar-refractivity contribution in [2.45, 2.75) is 52.4 Å². The van der Waals surface area contributed by atoms with Crippen LogP contribution in [0, 0.1) is 0 Å². The zero-order valence-electron chi connectivity index (χ0n) is 26.9. The molecule has 0 aromatic heterocycles. The lowest BCUT2D eigenvalue weighted by Crippen LogP contribution is -2.29. The van der Waals surface area contributed by atoms with Crippen molar-refractivity contribution in [3.63, 3.8) is 0 Å². The molecule has 45 heavy (non-hydrogen) atoms. The third kappa shape index (κ3) is 10.3. The maximum Gasteiger partial charge on any atom is 0.488 e. The van der Waals surface area contributed by atoms with Gasteiger partial charge in [-0.3, -0.25) is 0 Å². The molecule has 0 unspecified atom stereocenters. The van der Waals surface area contributed by atoms with E-state index in [0.29, 0.717) is 5.46 Å². The normalized spacial score (nSPS) is 11.1. The molecule has 5 rings (SSSR count). The highest BCUT2D eigenvalue weighted by atomic mass is 79.9. The molecule has 0 aliphatic heterocycles. The Morgan fingerprint density at radius 3 is 1.16 bits per heavy atom. The van der Waals surface area contributed by atoms with Gasteiger partial charge in [0.1, 0.15) is 0 Å². The topological polar surface area (TPSA) is 92.5 Å². The van der Waals surface area contributed by atoms with Crippen LogP contribution >= 0.6 is 31.9 Å². The van der Waals surface area contributed by atoms with Crippen LogP contribution in [-0.4, -0.2) is 17.2 Å². The van der Waals surface area contributed by atoms with Gasteiger partial charge >= 0.3 is 7.12 Å². The highest BCUT2D eigenvalue weighted by molar-refractivity contribution is 9.11. The number of hydrogen-bond donors (Lipinski definition) is 4. The number of nitrogen functional groups attached to an aromatic ring is 2. The standard InChI is InChI=1S/C22H23N.C10H13Br2N.C6H7BO2/c1-22(2,3)18-14-19(16-10-6-4-7-11-16)21(23)20(15-18)17-12-8-5-9-13-17;1-10(2,3)6-4-7(11)9(13)8(12)5-6;8-7(9)6-4-2-1-3-5-6/h4-15H,23H2,1-3H3;4-5H,13H2,1-3H3;1-5,8-9H. The van der Waals surface area contributed by atoms with Crippen molar-refractivity contribution in [3.05, 3.63) is 135 Å².